The Labute approximate surface area is 116 Å². The zero-order chi connectivity index (χ0) is 13.9. The number of aliphatic hydroxyl groups is 1. The van der Waals surface area contributed by atoms with Gasteiger partial charge in [0.1, 0.15) is 0 Å². The average molecular weight is 291 g/mol. The molecular formula is C12H16Cl2N2O2. The van der Waals surface area contributed by atoms with Crippen molar-refractivity contribution >= 4 is 34.8 Å². The molecule has 4 N–H and O–H groups in total. The van der Waals surface area contributed by atoms with E-state index in [1.807, 2.05) is 13.8 Å². The summed E-state index contributed by atoms with van der Waals surface area (Å²) in [6.45, 7) is 3.69. The number of hydrogen-bond donors (Lipinski definition) is 3. The maximum absolute atomic E-state index is 12.0. The van der Waals surface area contributed by atoms with Gasteiger partial charge in [-0.1, -0.05) is 37.0 Å². The number of carbonyl (C=O) groups excluding carboxylic acids is 1. The molecule has 1 atom stereocenters. The van der Waals surface area contributed by atoms with Gasteiger partial charge in [0.05, 0.1) is 28.4 Å². The van der Waals surface area contributed by atoms with Gasteiger partial charge < -0.3 is 16.2 Å². The van der Waals surface area contributed by atoms with E-state index in [0.29, 0.717) is 5.56 Å². The van der Waals surface area contributed by atoms with Gasteiger partial charge >= 0.3 is 0 Å². The van der Waals surface area contributed by atoms with Crippen molar-refractivity contribution in [2.45, 2.75) is 19.9 Å². The van der Waals surface area contributed by atoms with Crippen LogP contribution < -0.4 is 11.1 Å². The molecule has 1 aromatic rings. The number of anilines is 1. The van der Waals surface area contributed by atoms with E-state index in [9.17, 15) is 4.79 Å². The second-order valence-corrected chi connectivity index (χ2v) is 5.17. The number of nitrogens with two attached hydrogens (primary N) is 1. The van der Waals surface area contributed by atoms with Crippen LogP contribution in [0.5, 0.6) is 0 Å². The largest absolute Gasteiger partial charge is 0.396 e. The third-order valence-electron chi connectivity index (χ3n) is 2.66. The topological polar surface area (TPSA) is 75.3 Å². The van der Waals surface area contributed by atoms with Crippen molar-refractivity contribution in [3.63, 3.8) is 0 Å². The minimum Gasteiger partial charge on any atom is -0.396 e. The van der Waals surface area contributed by atoms with Crippen LogP contribution in [0.4, 0.5) is 5.69 Å². The van der Waals surface area contributed by atoms with Crippen LogP contribution in [0, 0.1) is 5.92 Å². The van der Waals surface area contributed by atoms with Crippen LogP contribution in [-0.4, -0.2) is 23.7 Å². The molecule has 0 aliphatic rings. The molecule has 0 aliphatic heterocycles. The first-order chi connectivity index (χ1) is 8.36. The summed E-state index contributed by atoms with van der Waals surface area (Å²) in [7, 11) is 0. The summed E-state index contributed by atoms with van der Waals surface area (Å²) in [5.41, 5.74) is 6.16. The molecule has 18 heavy (non-hydrogen) atoms. The first-order valence-electron chi connectivity index (χ1n) is 5.53. The van der Waals surface area contributed by atoms with E-state index in [4.69, 9.17) is 34.0 Å². The van der Waals surface area contributed by atoms with Gasteiger partial charge in [-0.2, -0.15) is 0 Å². The van der Waals surface area contributed by atoms with Gasteiger partial charge in [0, 0.05) is 5.56 Å². The Kier molecular flexibility index (Phi) is 5.26. The molecule has 4 nitrogen and oxygen atoms in total. The number of nitrogen functional groups attached to an aromatic ring is 1. The van der Waals surface area contributed by atoms with Gasteiger partial charge in [-0.15, -0.1) is 0 Å². The molecule has 1 amide bonds. The Morgan fingerprint density at radius 2 is 1.89 bits per heavy atom. The van der Waals surface area contributed by atoms with Crippen molar-refractivity contribution in [2.24, 2.45) is 5.92 Å². The Morgan fingerprint density at radius 3 is 2.28 bits per heavy atom. The molecular weight excluding hydrogens is 275 g/mol. The number of aliphatic hydroxyl groups excluding tert-OH is 1. The van der Waals surface area contributed by atoms with Crippen LogP contribution >= 0.6 is 23.2 Å². The fraction of sp³-hybridized carbons (Fsp3) is 0.417. The smallest absolute Gasteiger partial charge is 0.251 e. The fourth-order valence-electron chi connectivity index (χ4n) is 1.39. The predicted molar refractivity (Wildman–Crippen MR) is 74.1 cm³/mol. The number of nitrogens with one attached hydrogen (secondary N) is 1. The van der Waals surface area contributed by atoms with E-state index in [2.05, 4.69) is 5.32 Å². The van der Waals surface area contributed by atoms with Crippen LogP contribution in [0.3, 0.4) is 0 Å². The molecule has 100 valence electrons. The van der Waals surface area contributed by atoms with E-state index in [1.54, 1.807) is 0 Å². The Balaban J connectivity index is 2.91. The van der Waals surface area contributed by atoms with Crippen molar-refractivity contribution in [3.8, 4) is 0 Å². The molecule has 0 saturated heterocycles. The first-order valence-corrected chi connectivity index (χ1v) is 6.28. The van der Waals surface area contributed by atoms with Gasteiger partial charge in [-0.3, -0.25) is 4.79 Å². The lowest BCUT2D eigenvalue weighted by Gasteiger charge is -2.20. The molecule has 0 spiro atoms. The lowest BCUT2D eigenvalue weighted by Crippen LogP contribution is -2.41. The van der Waals surface area contributed by atoms with Crippen molar-refractivity contribution < 1.29 is 9.90 Å². The summed E-state index contributed by atoms with van der Waals surface area (Å²) in [4.78, 5) is 12.0. The van der Waals surface area contributed by atoms with Crippen molar-refractivity contribution in [1.29, 1.82) is 0 Å². The molecule has 0 heterocycles. The maximum atomic E-state index is 12.0. The predicted octanol–water partition coefficient (Wildman–Crippen LogP) is 2.32. The molecule has 1 aromatic carbocycles. The van der Waals surface area contributed by atoms with Gasteiger partial charge in [-0.25, -0.2) is 0 Å². The van der Waals surface area contributed by atoms with Crippen LogP contribution in [-0.2, 0) is 0 Å². The summed E-state index contributed by atoms with van der Waals surface area (Å²) >= 11 is 11.7. The van der Waals surface area contributed by atoms with Gasteiger partial charge in [0.2, 0.25) is 0 Å². The van der Waals surface area contributed by atoms with E-state index in [-0.39, 0.29) is 40.2 Å². The molecule has 0 saturated carbocycles. The summed E-state index contributed by atoms with van der Waals surface area (Å²) < 4.78 is 0. The Bertz CT molecular complexity index is 427. The first kappa shape index (κ1) is 15.1. The zero-order valence-electron chi connectivity index (χ0n) is 10.2. The van der Waals surface area contributed by atoms with E-state index in [0.717, 1.165) is 0 Å². The summed E-state index contributed by atoms with van der Waals surface area (Å²) in [6, 6.07) is 2.59. The monoisotopic (exact) mass is 290 g/mol. The number of carbonyl (C=O) groups is 1. The Hall–Kier alpha value is -0.970. The van der Waals surface area contributed by atoms with Crippen LogP contribution in [0.25, 0.3) is 0 Å². The molecule has 0 radical (unpaired) electrons. The van der Waals surface area contributed by atoms with Crippen molar-refractivity contribution in [1.82, 2.24) is 5.32 Å². The van der Waals surface area contributed by atoms with Crippen LogP contribution in [0.1, 0.15) is 24.2 Å². The third kappa shape index (κ3) is 3.51. The standard InChI is InChI=1S/C12H16Cl2N2O2/c1-6(2)10(5-17)16-12(18)7-3-8(13)11(15)9(14)4-7/h3-4,6,10,17H,5,15H2,1-2H3,(H,16,18). The van der Waals surface area contributed by atoms with Crippen LogP contribution in [0.2, 0.25) is 10.0 Å². The zero-order valence-corrected chi connectivity index (χ0v) is 11.7. The molecule has 0 bridgehead atoms. The summed E-state index contributed by atoms with van der Waals surface area (Å²) in [6.07, 6.45) is 0. The van der Waals surface area contributed by atoms with Crippen molar-refractivity contribution in [3.05, 3.63) is 27.7 Å². The lowest BCUT2D eigenvalue weighted by molar-refractivity contribution is 0.0897. The summed E-state index contributed by atoms with van der Waals surface area (Å²) in [5.74, 6) is -0.217. The average Bonchev–Trinajstić information content (AvgIpc) is 2.31. The fourth-order valence-corrected chi connectivity index (χ4v) is 1.88. The van der Waals surface area contributed by atoms with E-state index >= 15 is 0 Å². The highest BCUT2D eigenvalue weighted by Crippen LogP contribution is 2.28. The molecule has 1 unspecified atom stereocenters. The van der Waals surface area contributed by atoms with Crippen LogP contribution in [0.15, 0.2) is 12.1 Å². The van der Waals surface area contributed by atoms with E-state index < -0.39 is 0 Å². The highest BCUT2D eigenvalue weighted by molar-refractivity contribution is 6.39. The highest BCUT2D eigenvalue weighted by atomic mass is 35.5. The molecule has 0 aliphatic carbocycles. The summed E-state index contributed by atoms with van der Waals surface area (Å²) in [5, 5.41) is 12.3. The SMILES string of the molecule is CC(C)C(CO)NC(=O)c1cc(Cl)c(N)c(Cl)c1. The molecule has 6 heteroatoms. The number of benzene rings is 1. The normalized spacial score (nSPS) is 12.6. The van der Waals surface area contributed by atoms with E-state index in [1.165, 1.54) is 12.1 Å². The number of rotatable bonds is 4. The molecule has 0 fully saturated rings. The second-order valence-electron chi connectivity index (χ2n) is 4.36. The highest BCUT2D eigenvalue weighted by Gasteiger charge is 2.17. The lowest BCUT2D eigenvalue weighted by atomic mass is 10.0. The second kappa shape index (κ2) is 6.27. The molecule has 1 rings (SSSR count). The number of halogens is 2. The number of amides is 1. The minimum absolute atomic E-state index is 0.124. The van der Waals surface area contributed by atoms with Gasteiger partial charge in [0.25, 0.3) is 5.91 Å². The van der Waals surface area contributed by atoms with Gasteiger partial charge in [-0.05, 0) is 18.1 Å². The quantitative estimate of drug-likeness (QED) is 0.745. The van der Waals surface area contributed by atoms with Gasteiger partial charge in [0.15, 0.2) is 0 Å². The Morgan fingerprint density at radius 1 is 1.39 bits per heavy atom. The molecule has 0 aromatic heterocycles. The maximum Gasteiger partial charge on any atom is 0.251 e. The van der Waals surface area contributed by atoms with Crippen molar-refractivity contribution in [2.75, 3.05) is 12.3 Å². The third-order valence-corrected chi connectivity index (χ3v) is 3.28. The number of hydrogen-bond acceptors (Lipinski definition) is 3. The minimum atomic E-state index is -0.341.